The van der Waals surface area contributed by atoms with Crippen molar-refractivity contribution in [2.45, 2.75) is 32.7 Å². The van der Waals surface area contributed by atoms with Crippen LogP contribution >= 0.6 is 11.8 Å². The molecule has 32 heavy (non-hydrogen) atoms. The smallest absolute Gasteiger partial charge is 0.271 e. The summed E-state index contributed by atoms with van der Waals surface area (Å²) in [4.78, 5) is 23.9. The number of hydrogen-bond donors (Lipinski definition) is 2. The topological polar surface area (TPSA) is 89.2 Å². The molecule has 8 heteroatoms. The summed E-state index contributed by atoms with van der Waals surface area (Å²) in [6.07, 6.45) is 2.86. The van der Waals surface area contributed by atoms with Gasteiger partial charge >= 0.3 is 0 Å². The van der Waals surface area contributed by atoms with Crippen LogP contribution in [0, 0.1) is 24.0 Å². The lowest BCUT2D eigenvalue weighted by atomic mass is 10.1. The van der Waals surface area contributed by atoms with Crippen molar-refractivity contribution >= 4 is 35.1 Å². The van der Waals surface area contributed by atoms with E-state index in [1.165, 1.54) is 23.4 Å². The lowest BCUT2D eigenvalue weighted by molar-refractivity contribution is -0.384. The van der Waals surface area contributed by atoms with Crippen molar-refractivity contribution in [3.63, 3.8) is 0 Å². The van der Waals surface area contributed by atoms with Gasteiger partial charge in [-0.1, -0.05) is 36.9 Å². The van der Waals surface area contributed by atoms with Crippen LogP contribution in [0.15, 0.2) is 59.5 Å². The van der Waals surface area contributed by atoms with Gasteiger partial charge in [0.15, 0.2) is 5.50 Å². The number of benzene rings is 2. The van der Waals surface area contributed by atoms with Gasteiger partial charge in [0.05, 0.1) is 15.5 Å². The molecule has 1 fully saturated rings. The number of nitro groups is 1. The van der Waals surface area contributed by atoms with Crippen LogP contribution in [-0.2, 0) is 11.2 Å². The van der Waals surface area contributed by atoms with Crippen LogP contribution in [0.1, 0.15) is 29.4 Å². The molecule has 0 spiro atoms. The molecule has 2 N–H and O–H groups in total. The average molecular weight is 449 g/mol. The van der Waals surface area contributed by atoms with Crippen LogP contribution < -0.4 is 10.6 Å². The highest BCUT2D eigenvalue weighted by Gasteiger charge is 2.27. The molecule has 0 bridgehead atoms. The molecule has 2 aromatic carbocycles. The molecular weight excluding hydrogens is 424 g/mol. The van der Waals surface area contributed by atoms with Gasteiger partial charge in [0.1, 0.15) is 0 Å². The number of aromatic nitrogens is 1. The van der Waals surface area contributed by atoms with E-state index < -0.39 is 4.92 Å². The Labute approximate surface area is 190 Å². The van der Waals surface area contributed by atoms with E-state index >= 15 is 0 Å². The van der Waals surface area contributed by atoms with E-state index in [4.69, 9.17) is 0 Å². The summed E-state index contributed by atoms with van der Waals surface area (Å²) in [5, 5.41) is 17.4. The standard InChI is InChI=1S/C24H24N4O3S/c1-4-17-8-10-19(11-9-17)25-24-26-23(29)22(32-24)13-18-12-15(2)27(16(18)3)20-6-5-7-21(14-20)28(30)31/h5-14,24-25H,4H2,1-3H3,(H,26,29)/b22-13-/t24-/m0/s1. The molecule has 0 unspecified atom stereocenters. The summed E-state index contributed by atoms with van der Waals surface area (Å²) in [7, 11) is 0. The first kappa shape index (κ1) is 21.7. The summed E-state index contributed by atoms with van der Waals surface area (Å²) in [6, 6.07) is 16.7. The van der Waals surface area contributed by atoms with Crippen molar-refractivity contribution in [3.05, 3.63) is 92.1 Å². The van der Waals surface area contributed by atoms with E-state index in [0.717, 1.165) is 34.7 Å². The van der Waals surface area contributed by atoms with Crippen LogP contribution in [0.2, 0.25) is 0 Å². The van der Waals surface area contributed by atoms with Gasteiger partial charge in [-0.3, -0.25) is 14.9 Å². The first-order chi connectivity index (χ1) is 15.4. The van der Waals surface area contributed by atoms with Crippen LogP contribution in [-0.4, -0.2) is 20.9 Å². The molecule has 0 aliphatic carbocycles. The molecule has 1 aliphatic rings. The monoisotopic (exact) mass is 448 g/mol. The van der Waals surface area contributed by atoms with Gasteiger partial charge in [-0.25, -0.2) is 0 Å². The van der Waals surface area contributed by atoms with E-state index in [-0.39, 0.29) is 17.1 Å². The number of nitrogens with zero attached hydrogens (tertiary/aromatic N) is 2. The summed E-state index contributed by atoms with van der Waals surface area (Å²) in [5.41, 5.74) is 5.47. The summed E-state index contributed by atoms with van der Waals surface area (Å²) < 4.78 is 1.96. The Kier molecular flexibility index (Phi) is 6.05. The van der Waals surface area contributed by atoms with Crippen molar-refractivity contribution in [1.82, 2.24) is 9.88 Å². The minimum atomic E-state index is -0.400. The maximum Gasteiger partial charge on any atom is 0.271 e. The normalized spacial score (nSPS) is 16.9. The quantitative estimate of drug-likeness (QED) is 0.309. The van der Waals surface area contributed by atoms with Crippen molar-refractivity contribution in [2.75, 3.05) is 5.32 Å². The largest absolute Gasteiger partial charge is 0.357 e. The number of carbonyl (C=O) groups is 1. The molecule has 1 saturated heterocycles. The highest BCUT2D eigenvalue weighted by atomic mass is 32.2. The number of aryl methyl sites for hydroxylation is 2. The van der Waals surface area contributed by atoms with Gasteiger partial charge in [-0.15, -0.1) is 0 Å². The Morgan fingerprint density at radius 2 is 1.94 bits per heavy atom. The van der Waals surface area contributed by atoms with Crippen molar-refractivity contribution in [1.29, 1.82) is 0 Å². The van der Waals surface area contributed by atoms with Crippen LogP contribution in [0.25, 0.3) is 11.8 Å². The second-order valence-corrected chi connectivity index (χ2v) is 8.76. The molecule has 0 radical (unpaired) electrons. The van der Waals surface area contributed by atoms with Crippen LogP contribution in [0.5, 0.6) is 0 Å². The average Bonchev–Trinajstić information content (AvgIpc) is 3.26. The van der Waals surface area contributed by atoms with Gasteiger partial charge < -0.3 is 15.2 Å². The third kappa shape index (κ3) is 4.40. The molecule has 1 atom stereocenters. The first-order valence-electron chi connectivity index (χ1n) is 10.3. The fourth-order valence-electron chi connectivity index (χ4n) is 3.77. The molecular formula is C24H24N4O3S. The van der Waals surface area contributed by atoms with Crippen molar-refractivity contribution in [3.8, 4) is 5.69 Å². The minimum Gasteiger partial charge on any atom is -0.357 e. The van der Waals surface area contributed by atoms with Gasteiger partial charge in [-0.2, -0.15) is 0 Å². The fraction of sp³-hybridized carbons (Fsp3) is 0.208. The van der Waals surface area contributed by atoms with Gasteiger partial charge in [-0.05, 0) is 61.7 Å². The van der Waals surface area contributed by atoms with Gasteiger partial charge in [0.25, 0.3) is 11.6 Å². The SMILES string of the molecule is CCc1ccc(N[C@H]2NC(=O)/C(=C/c3cc(C)n(-c4cccc([N+](=O)[O-])c4)c3C)S2)cc1. The summed E-state index contributed by atoms with van der Waals surface area (Å²) in [6.45, 7) is 6.00. The van der Waals surface area contributed by atoms with Gasteiger partial charge in [0.2, 0.25) is 0 Å². The van der Waals surface area contributed by atoms with E-state index in [1.54, 1.807) is 12.1 Å². The van der Waals surface area contributed by atoms with Crippen molar-refractivity contribution in [2.24, 2.45) is 0 Å². The summed E-state index contributed by atoms with van der Waals surface area (Å²) >= 11 is 1.44. The number of non-ortho nitro benzene ring substituents is 1. The molecule has 4 rings (SSSR count). The lowest BCUT2D eigenvalue weighted by Crippen LogP contribution is -2.30. The Bertz CT molecular complexity index is 1210. The molecule has 1 aromatic heterocycles. The van der Waals surface area contributed by atoms with E-state index in [2.05, 4.69) is 29.7 Å². The van der Waals surface area contributed by atoms with Gasteiger partial charge in [0, 0.05) is 29.2 Å². The highest BCUT2D eigenvalue weighted by Crippen LogP contribution is 2.32. The Morgan fingerprint density at radius 1 is 1.19 bits per heavy atom. The molecule has 1 amide bonds. The third-order valence-corrected chi connectivity index (χ3v) is 6.47. The predicted molar refractivity (Wildman–Crippen MR) is 129 cm³/mol. The second kappa shape index (κ2) is 8.92. The fourth-order valence-corrected chi connectivity index (χ4v) is 4.75. The number of rotatable bonds is 6. The predicted octanol–water partition coefficient (Wildman–Crippen LogP) is 5.16. The van der Waals surface area contributed by atoms with Crippen LogP contribution in [0.3, 0.4) is 0 Å². The Balaban J connectivity index is 1.56. The minimum absolute atomic E-state index is 0.0431. The lowest BCUT2D eigenvalue weighted by Gasteiger charge is -2.12. The number of nitrogens with one attached hydrogen (secondary N) is 2. The van der Waals surface area contributed by atoms with E-state index in [1.807, 2.05) is 48.8 Å². The first-order valence-corrected chi connectivity index (χ1v) is 11.2. The number of carbonyl (C=O) groups excluding carboxylic acids is 1. The number of thioether (sulfide) groups is 1. The number of nitro benzene ring substituents is 1. The Hall–Kier alpha value is -3.52. The molecule has 1 aliphatic heterocycles. The van der Waals surface area contributed by atoms with Crippen molar-refractivity contribution < 1.29 is 9.72 Å². The zero-order valence-electron chi connectivity index (χ0n) is 18.1. The second-order valence-electron chi connectivity index (χ2n) is 7.61. The number of anilines is 1. The van der Waals surface area contributed by atoms with Crippen LogP contribution in [0.4, 0.5) is 11.4 Å². The summed E-state index contributed by atoms with van der Waals surface area (Å²) in [5.74, 6) is -0.127. The van der Waals surface area contributed by atoms with E-state index in [9.17, 15) is 14.9 Å². The highest BCUT2D eigenvalue weighted by molar-refractivity contribution is 8.05. The molecule has 0 saturated carbocycles. The zero-order chi connectivity index (χ0) is 22.8. The molecule has 7 nitrogen and oxygen atoms in total. The number of hydrogen-bond acceptors (Lipinski definition) is 5. The maximum absolute atomic E-state index is 12.6. The number of amides is 1. The molecule has 164 valence electrons. The maximum atomic E-state index is 12.6. The molecule has 2 heterocycles. The van der Waals surface area contributed by atoms with E-state index in [0.29, 0.717) is 4.91 Å². The molecule has 3 aromatic rings. The third-order valence-electron chi connectivity index (χ3n) is 5.45. The zero-order valence-corrected chi connectivity index (χ0v) is 18.9. The Morgan fingerprint density at radius 3 is 2.62 bits per heavy atom.